The lowest BCUT2D eigenvalue weighted by molar-refractivity contribution is -0.137. The summed E-state index contributed by atoms with van der Waals surface area (Å²) < 4.78 is 4.91. The smallest absolute Gasteiger partial charge is 0.323 e. The summed E-state index contributed by atoms with van der Waals surface area (Å²) in [6.07, 6.45) is 5.56. The maximum atomic E-state index is 12.7. The summed E-state index contributed by atoms with van der Waals surface area (Å²) in [5.74, 6) is -2.15. The van der Waals surface area contributed by atoms with Gasteiger partial charge in [-0.2, -0.15) is 0 Å². The van der Waals surface area contributed by atoms with Crippen LogP contribution in [0.25, 0.3) is 0 Å². The summed E-state index contributed by atoms with van der Waals surface area (Å²) in [5, 5.41) is 9.02. The molecule has 0 bridgehead atoms. The zero-order valence-corrected chi connectivity index (χ0v) is 14.2. The number of carboxylic acid groups (broad SMARTS) is 1. The first-order chi connectivity index (χ1) is 12.0. The highest BCUT2D eigenvalue weighted by atomic mass is 16.5. The molecule has 0 aliphatic carbocycles. The van der Waals surface area contributed by atoms with Crippen molar-refractivity contribution in [3.05, 3.63) is 23.8 Å². The SMILES string of the molecule is COCCN(CC(=O)O)C(=O)c1nccnc1C(=O)N1CCCCC1. The van der Waals surface area contributed by atoms with Crippen LogP contribution in [0.1, 0.15) is 40.2 Å². The molecule has 2 amide bonds. The highest BCUT2D eigenvalue weighted by Crippen LogP contribution is 2.15. The Kier molecular flexibility index (Phi) is 6.81. The fourth-order valence-electron chi connectivity index (χ4n) is 2.66. The molecule has 2 rings (SSSR count). The number of nitrogens with zero attached hydrogens (tertiary/aromatic N) is 4. The van der Waals surface area contributed by atoms with Crippen molar-refractivity contribution < 1.29 is 24.2 Å². The summed E-state index contributed by atoms with van der Waals surface area (Å²) in [6, 6.07) is 0. The third-order valence-electron chi connectivity index (χ3n) is 3.93. The second-order valence-corrected chi connectivity index (χ2v) is 5.72. The van der Waals surface area contributed by atoms with Crippen molar-refractivity contribution in [3.63, 3.8) is 0 Å². The van der Waals surface area contributed by atoms with Crippen LogP contribution in [0, 0.1) is 0 Å². The summed E-state index contributed by atoms with van der Waals surface area (Å²) >= 11 is 0. The fourth-order valence-corrected chi connectivity index (χ4v) is 2.66. The van der Waals surface area contributed by atoms with Crippen molar-refractivity contribution in [1.82, 2.24) is 19.8 Å². The van der Waals surface area contributed by atoms with E-state index in [0.29, 0.717) is 13.1 Å². The number of likely N-dealkylation sites (tertiary alicyclic amines) is 1. The van der Waals surface area contributed by atoms with E-state index in [0.717, 1.165) is 24.2 Å². The number of aromatic nitrogens is 2. The number of hydrogen-bond donors (Lipinski definition) is 1. The zero-order valence-electron chi connectivity index (χ0n) is 14.2. The Hall–Kier alpha value is -2.55. The Morgan fingerprint density at radius 1 is 1.16 bits per heavy atom. The maximum absolute atomic E-state index is 12.7. The molecule has 1 aliphatic rings. The molecule has 9 heteroatoms. The van der Waals surface area contributed by atoms with Crippen LogP contribution in [-0.4, -0.2) is 82.6 Å². The number of carbonyl (C=O) groups excluding carboxylic acids is 2. The van der Waals surface area contributed by atoms with E-state index in [2.05, 4.69) is 9.97 Å². The van der Waals surface area contributed by atoms with Gasteiger partial charge >= 0.3 is 5.97 Å². The van der Waals surface area contributed by atoms with E-state index in [9.17, 15) is 14.4 Å². The van der Waals surface area contributed by atoms with E-state index >= 15 is 0 Å². The molecule has 9 nitrogen and oxygen atoms in total. The van der Waals surface area contributed by atoms with Crippen molar-refractivity contribution >= 4 is 17.8 Å². The number of aliphatic carboxylic acids is 1. The molecule has 0 aromatic carbocycles. The monoisotopic (exact) mass is 350 g/mol. The average Bonchev–Trinajstić information content (AvgIpc) is 2.64. The van der Waals surface area contributed by atoms with Crippen LogP contribution in [0.2, 0.25) is 0 Å². The Balaban J connectivity index is 2.25. The molecule has 136 valence electrons. The molecule has 1 fully saturated rings. The minimum atomic E-state index is -1.16. The standard InChI is InChI=1S/C16H22N4O5/c1-25-10-9-20(11-12(21)22)16(24)14-13(17-5-6-18-14)15(23)19-7-3-2-4-8-19/h5-6H,2-4,7-11H2,1H3,(H,21,22). The molecule has 1 saturated heterocycles. The van der Waals surface area contributed by atoms with Gasteiger partial charge in [-0.3, -0.25) is 14.4 Å². The molecule has 1 aliphatic heterocycles. The minimum Gasteiger partial charge on any atom is -0.480 e. The minimum absolute atomic E-state index is 0.0396. The number of hydrogen-bond acceptors (Lipinski definition) is 6. The second-order valence-electron chi connectivity index (χ2n) is 5.72. The zero-order chi connectivity index (χ0) is 18.2. The molecule has 25 heavy (non-hydrogen) atoms. The Labute approximate surface area is 145 Å². The van der Waals surface area contributed by atoms with Crippen LogP contribution in [0.4, 0.5) is 0 Å². The predicted molar refractivity (Wildman–Crippen MR) is 87.2 cm³/mol. The maximum Gasteiger partial charge on any atom is 0.323 e. The molecule has 0 atom stereocenters. The molecule has 1 aromatic rings. The number of amides is 2. The molecule has 1 aromatic heterocycles. The van der Waals surface area contributed by atoms with E-state index in [4.69, 9.17) is 9.84 Å². The largest absolute Gasteiger partial charge is 0.480 e. The number of carbonyl (C=O) groups is 3. The molecule has 0 spiro atoms. The van der Waals surface area contributed by atoms with Crippen molar-refractivity contribution in [2.75, 3.05) is 39.9 Å². The molecule has 0 radical (unpaired) electrons. The fraction of sp³-hybridized carbons (Fsp3) is 0.562. The van der Waals surface area contributed by atoms with Crippen molar-refractivity contribution in [2.45, 2.75) is 19.3 Å². The van der Waals surface area contributed by atoms with Crippen molar-refractivity contribution in [3.8, 4) is 0 Å². The highest BCUT2D eigenvalue weighted by molar-refractivity contribution is 6.05. The van der Waals surface area contributed by atoms with Crippen LogP contribution >= 0.6 is 0 Å². The summed E-state index contributed by atoms with van der Waals surface area (Å²) in [6.45, 7) is 0.984. The van der Waals surface area contributed by atoms with Gasteiger partial charge in [-0.25, -0.2) is 9.97 Å². The highest BCUT2D eigenvalue weighted by Gasteiger charge is 2.28. The van der Waals surface area contributed by atoms with Crippen LogP contribution < -0.4 is 0 Å². The third kappa shape index (κ3) is 4.96. The van der Waals surface area contributed by atoms with Crippen LogP contribution in [0.15, 0.2) is 12.4 Å². The first kappa shape index (κ1) is 18.8. The van der Waals surface area contributed by atoms with Gasteiger partial charge in [0.1, 0.15) is 6.54 Å². The lowest BCUT2D eigenvalue weighted by atomic mass is 10.1. The third-order valence-corrected chi connectivity index (χ3v) is 3.93. The summed E-state index contributed by atoms with van der Waals surface area (Å²) in [4.78, 5) is 47.2. The quantitative estimate of drug-likeness (QED) is 0.751. The van der Waals surface area contributed by atoms with Crippen molar-refractivity contribution in [2.24, 2.45) is 0 Å². The van der Waals surface area contributed by atoms with Gasteiger partial charge in [0, 0.05) is 39.1 Å². The van der Waals surface area contributed by atoms with Gasteiger partial charge in [0.25, 0.3) is 11.8 Å². The first-order valence-corrected chi connectivity index (χ1v) is 8.15. The summed E-state index contributed by atoms with van der Waals surface area (Å²) in [5.41, 5.74) is -0.169. The van der Waals surface area contributed by atoms with E-state index in [1.54, 1.807) is 4.90 Å². The number of methoxy groups -OCH3 is 1. The molecule has 0 unspecified atom stereocenters. The number of carboxylic acids is 1. The van der Waals surface area contributed by atoms with Crippen LogP contribution in [-0.2, 0) is 9.53 Å². The lowest BCUT2D eigenvalue weighted by Gasteiger charge is -2.27. The molecular formula is C16H22N4O5. The lowest BCUT2D eigenvalue weighted by Crippen LogP contribution is -2.41. The van der Waals surface area contributed by atoms with Crippen LogP contribution in [0.3, 0.4) is 0 Å². The summed E-state index contributed by atoms with van der Waals surface area (Å²) in [7, 11) is 1.46. The molecular weight excluding hydrogens is 328 g/mol. The van der Waals surface area contributed by atoms with Gasteiger partial charge in [-0.15, -0.1) is 0 Å². The van der Waals surface area contributed by atoms with Crippen molar-refractivity contribution in [1.29, 1.82) is 0 Å². The Bertz CT molecular complexity index is 631. The molecule has 0 saturated carbocycles. The van der Waals surface area contributed by atoms with Gasteiger partial charge < -0.3 is 19.6 Å². The molecule has 1 N–H and O–H groups in total. The Morgan fingerprint density at radius 3 is 2.40 bits per heavy atom. The Morgan fingerprint density at radius 2 is 1.80 bits per heavy atom. The van der Waals surface area contributed by atoms with Crippen LogP contribution in [0.5, 0.6) is 0 Å². The van der Waals surface area contributed by atoms with E-state index in [1.165, 1.54) is 19.5 Å². The van der Waals surface area contributed by atoms with Gasteiger partial charge in [-0.1, -0.05) is 0 Å². The molecule has 2 heterocycles. The van der Waals surface area contributed by atoms with E-state index < -0.39 is 18.4 Å². The average molecular weight is 350 g/mol. The van der Waals surface area contributed by atoms with Gasteiger partial charge in [0.05, 0.1) is 6.61 Å². The van der Waals surface area contributed by atoms with Gasteiger partial charge in [0.2, 0.25) is 0 Å². The van der Waals surface area contributed by atoms with Gasteiger partial charge in [0.15, 0.2) is 11.4 Å². The predicted octanol–water partition coefficient (Wildman–Crippen LogP) is 0.276. The first-order valence-electron chi connectivity index (χ1n) is 8.15. The second kappa shape index (κ2) is 9.07. The topological polar surface area (TPSA) is 113 Å². The normalized spacial score (nSPS) is 14.2. The van der Waals surface area contributed by atoms with Gasteiger partial charge in [-0.05, 0) is 19.3 Å². The van der Waals surface area contributed by atoms with E-state index in [-0.39, 0.29) is 30.4 Å². The number of rotatable bonds is 7. The van der Waals surface area contributed by atoms with E-state index in [1.807, 2.05) is 0 Å². The number of piperidine rings is 1. The number of ether oxygens (including phenoxy) is 1.